The number of aliphatic hydroxyl groups is 1. The number of benzene rings is 2. The molecule has 0 aliphatic rings. The van der Waals surface area contributed by atoms with Crippen molar-refractivity contribution >= 4 is 24.4 Å². The van der Waals surface area contributed by atoms with Crippen molar-refractivity contribution in [1.29, 1.82) is 0 Å². The molecule has 2 aromatic heterocycles. The second kappa shape index (κ2) is 21.8. The molecule has 15 nitrogen and oxygen atoms in total. The first kappa shape index (κ1) is 43.5. The van der Waals surface area contributed by atoms with E-state index in [4.69, 9.17) is 18.9 Å². The van der Waals surface area contributed by atoms with E-state index in [1.54, 1.807) is 76.7 Å². The molecule has 2 aromatic carbocycles. The van der Waals surface area contributed by atoms with E-state index in [2.05, 4.69) is 31.2 Å². The number of hydrogen-bond donors (Lipinski definition) is 5. The number of rotatable bonds is 19. The molecule has 2 heterocycles. The first-order valence-corrected chi connectivity index (χ1v) is 18.6. The molecule has 0 fully saturated rings. The number of alkyl carbamates (subject to hydrolysis) is 4. The normalized spacial score (nSPS) is 12.9. The predicted octanol–water partition coefficient (Wildman–Crippen LogP) is 5.61. The molecule has 5 N–H and O–H groups in total. The van der Waals surface area contributed by atoms with Gasteiger partial charge in [-0.2, -0.15) is 0 Å². The highest BCUT2D eigenvalue weighted by Crippen LogP contribution is 2.17. The summed E-state index contributed by atoms with van der Waals surface area (Å²) in [5, 5.41) is 22.6. The fraction of sp³-hybridized carbons (Fsp3) is 0.381. The van der Waals surface area contributed by atoms with Gasteiger partial charge in [-0.15, -0.1) is 0 Å². The van der Waals surface area contributed by atoms with Crippen LogP contribution in [0.15, 0.2) is 110 Å². The summed E-state index contributed by atoms with van der Waals surface area (Å²) in [5.41, 5.74) is 0.898. The summed E-state index contributed by atoms with van der Waals surface area (Å²) in [5.74, 6) is 0. The van der Waals surface area contributed by atoms with E-state index in [1.165, 1.54) is 0 Å². The van der Waals surface area contributed by atoms with Crippen molar-refractivity contribution in [3.8, 4) is 0 Å². The maximum atomic E-state index is 13.3. The summed E-state index contributed by atoms with van der Waals surface area (Å²) in [7, 11) is 0. The maximum Gasteiger partial charge on any atom is 0.408 e. The lowest BCUT2D eigenvalue weighted by molar-refractivity contribution is 0.0250. The largest absolute Gasteiger partial charge is 0.445 e. The van der Waals surface area contributed by atoms with Crippen LogP contribution >= 0.6 is 0 Å². The van der Waals surface area contributed by atoms with Gasteiger partial charge in [-0.3, -0.25) is 9.97 Å². The van der Waals surface area contributed by atoms with Crippen LogP contribution < -0.4 is 21.3 Å². The van der Waals surface area contributed by atoms with Gasteiger partial charge in [0, 0.05) is 42.0 Å². The van der Waals surface area contributed by atoms with E-state index in [-0.39, 0.29) is 39.1 Å². The maximum absolute atomic E-state index is 13.3. The molecule has 0 unspecified atom stereocenters. The van der Waals surface area contributed by atoms with Gasteiger partial charge in [0.25, 0.3) is 0 Å². The summed E-state index contributed by atoms with van der Waals surface area (Å²) in [6, 6.07) is 24.3. The van der Waals surface area contributed by atoms with Crippen LogP contribution in [0.5, 0.6) is 0 Å². The number of aliphatic hydroxyl groups excluding tert-OH is 1. The zero-order valence-electron chi connectivity index (χ0n) is 32.7. The van der Waals surface area contributed by atoms with Crippen LogP contribution in [0.2, 0.25) is 0 Å². The molecular formula is C42H52N6O9. The third kappa shape index (κ3) is 17.0. The lowest BCUT2D eigenvalue weighted by atomic mass is 9.94. The minimum Gasteiger partial charge on any atom is -0.445 e. The van der Waals surface area contributed by atoms with Crippen LogP contribution in [-0.4, -0.2) is 81.9 Å². The van der Waals surface area contributed by atoms with Crippen molar-refractivity contribution in [2.75, 3.05) is 13.1 Å². The van der Waals surface area contributed by atoms with Gasteiger partial charge in [0.15, 0.2) is 0 Å². The predicted molar refractivity (Wildman–Crippen MR) is 211 cm³/mol. The van der Waals surface area contributed by atoms with Gasteiger partial charge in [0.1, 0.15) is 24.4 Å². The monoisotopic (exact) mass is 784 g/mol. The molecule has 4 aromatic rings. The molecule has 4 amide bonds. The van der Waals surface area contributed by atoms with Crippen LogP contribution in [0.1, 0.15) is 56.4 Å². The molecule has 0 saturated carbocycles. The number of carbonyl (C=O) groups excluding carboxylic acids is 4. The zero-order chi connectivity index (χ0) is 41.1. The lowest BCUT2D eigenvalue weighted by Gasteiger charge is -2.31. The minimum atomic E-state index is -1.17. The smallest absolute Gasteiger partial charge is 0.408 e. The Kier molecular flexibility index (Phi) is 16.6. The Morgan fingerprint density at radius 1 is 0.596 bits per heavy atom. The lowest BCUT2D eigenvalue weighted by Crippen LogP contribution is -2.51. The van der Waals surface area contributed by atoms with Gasteiger partial charge in [-0.25, -0.2) is 19.2 Å². The number of amides is 4. The summed E-state index contributed by atoms with van der Waals surface area (Å²) < 4.78 is 21.9. The minimum absolute atomic E-state index is 0.0227. The molecule has 0 saturated heterocycles. The Labute approximate surface area is 332 Å². The highest BCUT2D eigenvalue weighted by molar-refractivity contribution is 5.70. The van der Waals surface area contributed by atoms with Crippen molar-refractivity contribution in [1.82, 2.24) is 31.2 Å². The fourth-order valence-electron chi connectivity index (χ4n) is 5.59. The average molecular weight is 785 g/mol. The van der Waals surface area contributed by atoms with E-state index in [1.807, 2.05) is 60.7 Å². The number of nitrogens with zero attached hydrogens (tertiary/aromatic N) is 2. The molecule has 0 bridgehead atoms. The van der Waals surface area contributed by atoms with E-state index in [0.717, 1.165) is 22.3 Å². The summed E-state index contributed by atoms with van der Waals surface area (Å²) in [6.45, 7) is 6.50. The second-order valence-electron chi connectivity index (χ2n) is 14.7. The fourth-order valence-corrected chi connectivity index (χ4v) is 5.59. The standard InChI is InChI=1S/C42H52N6O9/c1-41(2,28-45-37(50)54-26-32-17-11-19-43-24-32)56-39(52)47-34(21-30-13-7-5-8-14-30)23-36(49)35(22-31-15-9-6-10-16-31)48-40(53)57-42(3,4)29-46-38(51)55-27-33-18-12-20-44-25-33/h5-20,24-25,34-36,49H,21-23,26-29H2,1-4H3,(H,45,50)(H,46,51)(H,47,52)(H,48,53)/t34-,35-,36-/m0/s1. The van der Waals surface area contributed by atoms with Crippen LogP contribution in [-0.2, 0) is 45.0 Å². The van der Waals surface area contributed by atoms with Crippen LogP contribution in [0.4, 0.5) is 19.2 Å². The van der Waals surface area contributed by atoms with Crippen LogP contribution in [0.3, 0.4) is 0 Å². The number of pyridine rings is 2. The molecule has 57 heavy (non-hydrogen) atoms. The Balaban J connectivity index is 1.36. The number of aromatic nitrogens is 2. The molecular weight excluding hydrogens is 732 g/mol. The van der Waals surface area contributed by atoms with Crippen molar-refractivity contribution in [2.45, 2.75) is 89.6 Å². The van der Waals surface area contributed by atoms with Gasteiger partial charge < -0.3 is 45.3 Å². The summed E-state index contributed by atoms with van der Waals surface area (Å²) in [4.78, 5) is 59.3. The van der Waals surface area contributed by atoms with Crippen LogP contribution in [0.25, 0.3) is 0 Å². The quantitative estimate of drug-likeness (QED) is 0.0741. The van der Waals surface area contributed by atoms with Crippen molar-refractivity contribution in [2.24, 2.45) is 0 Å². The van der Waals surface area contributed by atoms with E-state index < -0.39 is 53.8 Å². The molecule has 3 atom stereocenters. The van der Waals surface area contributed by atoms with Crippen molar-refractivity contribution in [3.05, 3.63) is 132 Å². The topological polar surface area (TPSA) is 199 Å². The first-order valence-electron chi connectivity index (χ1n) is 18.6. The molecule has 0 spiro atoms. The van der Waals surface area contributed by atoms with E-state index in [9.17, 15) is 24.3 Å². The SMILES string of the molecule is CC(C)(CNC(=O)OCc1cccnc1)OC(=O)N[C@@H](Cc1ccccc1)C[C@H](O)[C@H](Cc1ccccc1)NC(=O)OC(C)(C)CNC(=O)OCc1cccnc1. The average Bonchev–Trinajstić information content (AvgIpc) is 3.18. The number of nitrogens with one attached hydrogen (secondary N) is 4. The Morgan fingerprint density at radius 2 is 1.04 bits per heavy atom. The second-order valence-corrected chi connectivity index (χ2v) is 14.7. The number of hydrogen-bond acceptors (Lipinski definition) is 11. The van der Waals surface area contributed by atoms with Crippen molar-refractivity contribution in [3.63, 3.8) is 0 Å². The van der Waals surface area contributed by atoms with Crippen molar-refractivity contribution < 1.29 is 43.2 Å². The zero-order valence-corrected chi connectivity index (χ0v) is 32.7. The third-order valence-electron chi connectivity index (χ3n) is 8.48. The molecule has 15 heteroatoms. The highest BCUT2D eigenvalue weighted by Gasteiger charge is 2.31. The van der Waals surface area contributed by atoms with Gasteiger partial charge >= 0.3 is 24.4 Å². The van der Waals surface area contributed by atoms with Gasteiger partial charge in [-0.05, 0) is 70.2 Å². The van der Waals surface area contributed by atoms with E-state index >= 15 is 0 Å². The van der Waals surface area contributed by atoms with Crippen LogP contribution in [0, 0.1) is 0 Å². The van der Waals surface area contributed by atoms with E-state index in [0.29, 0.717) is 6.42 Å². The summed E-state index contributed by atoms with van der Waals surface area (Å²) >= 11 is 0. The Bertz CT molecular complexity index is 1830. The third-order valence-corrected chi connectivity index (χ3v) is 8.48. The van der Waals surface area contributed by atoms with Gasteiger partial charge in [-0.1, -0.05) is 72.8 Å². The molecule has 0 aliphatic carbocycles. The van der Waals surface area contributed by atoms with Gasteiger partial charge in [0.2, 0.25) is 0 Å². The highest BCUT2D eigenvalue weighted by atomic mass is 16.6. The molecule has 0 aliphatic heterocycles. The Hall–Kier alpha value is -6.22. The first-order chi connectivity index (χ1) is 27.2. The van der Waals surface area contributed by atoms with Gasteiger partial charge in [0.05, 0.1) is 25.2 Å². The molecule has 4 rings (SSSR count). The molecule has 304 valence electrons. The molecule has 0 radical (unpaired) electrons. The number of ether oxygens (including phenoxy) is 4. The summed E-state index contributed by atoms with van der Waals surface area (Å²) in [6.07, 6.45) is 2.90. The number of carbonyl (C=O) groups is 4. The Morgan fingerprint density at radius 3 is 1.49 bits per heavy atom.